The number of nitrogens with one attached hydrogen (secondary N) is 1. The molecule has 1 heterocycles. The van der Waals surface area contributed by atoms with Crippen LogP contribution in [0, 0.1) is 0 Å². The number of carboxylic acids is 1. The van der Waals surface area contributed by atoms with Crippen molar-refractivity contribution in [2.75, 3.05) is 0 Å². The fraction of sp³-hybridized carbons (Fsp3) is 0.429. The van der Waals surface area contributed by atoms with Gasteiger partial charge >= 0.3 is 5.97 Å². The summed E-state index contributed by atoms with van der Waals surface area (Å²) in [6, 6.07) is 7.91. The molecule has 0 aliphatic carbocycles. The van der Waals surface area contributed by atoms with E-state index in [1.807, 2.05) is 24.3 Å². The van der Waals surface area contributed by atoms with Crippen LogP contribution >= 0.6 is 0 Å². The van der Waals surface area contributed by atoms with E-state index in [4.69, 9.17) is 5.11 Å². The van der Waals surface area contributed by atoms with Crippen LogP contribution in [0.15, 0.2) is 24.3 Å². The van der Waals surface area contributed by atoms with Gasteiger partial charge in [-0.15, -0.1) is 10.2 Å². The highest BCUT2D eigenvalue weighted by molar-refractivity contribution is 5.68. The Morgan fingerprint density at radius 1 is 1.30 bits per heavy atom. The van der Waals surface area contributed by atoms with E-state index in [1.165, 1.54) is 5.56 Å². The first-order valence-electron chi connectivity index (χ1n) is 6.43. The Kier molecular flexibility index (Phi) is 3.83. The Hall–Kier alpha value is -2.24. The summed E-state index contributed by atoms with van der Waals surface area (Å²) in [5.74, 6) is -0.879. The molecule has 0 amide bonds. The van der Waals surface area contributed by atoms with Gasteiger partial charge in [0.25, 0.3) is 0 Å². The molecule has 0 spiro atoms. The molecule has 1 aromatic heterocycles. The van der Waals surface area contributed by atoms with E-state index in [0.717, 1.165) is 5.56 Å². The molecule has 106 valence electrons. The van der Waals surface area contributed by atoms with Crippen LogP contribution in [0.3, 0.4) is 0 Å². The molecule has 1 aromatic carbocycles. The van der Waals surface area contributed by atoms with Gasteiger partial charge in [-0.1, -0.05) is 50.3 Å². The molecule has 1 atom stereocenters. The smallest absolute Gasteiger partial charge is 0.304 e. The summed E-state index contributed by atoms with van der Waals surface area (Å²) >= 11 is 0. The van der Waals surface area contributed by atoms with Crippen LogP contribution in [0.25, 0.3) is 0 Å². The number of aromatic nitrogens is 4. The second-order valence-corrected chi connectivity index (χ2v) is 5.79. The van der Waals surface area contributed by atoms with Crippen molar-refractivity contribution in [3.8, 4) is 0 Å². The molecular formula is C14H18N4O2. The summed E-state index contributed by atoms with van der Waals surface area (Å²) in [6.07, 6.45) is -0.0611. The van der Waals surface area contributed by atoms with Crippen LogP contribution in [0.2, 0.25) is 0 Å². The van der Waals surface area contributed by atoms with Gasteiger partial charge in [0, 0.05) is 0 Å². The second kappa shape index (κ2) is 5.40. The van der Waals surface area contributed by atoms with E-state index in [2.05, 4.69) is 41.4 Å². The zero-order valence-corrected chi connectivity index (χ0v) is 11.8. The Balaban J connectivity index is 2.32. The Morgan fingerprint density at radius 2 is 1.95 bits per heavy atom. The minimum absolute atomic E-state index is 0.0611. The van der Waals surface area contributed by atoms with E-state index in [9.17, 15) is 4.79 Å². The summed E-state index contributed by atoms with van der Waals surface area (Å²) in [6.45, 7) is 6.40. The normalized spacial score (nSPS) is 13.2. The lowest BCUT2D eigenvalue weighted by Crippen LogP contribution is -2.13. The molecule has 6 nitrogen and oxygen atoms in total. The van der Waals surface area contributed by atoms with Crippen molar-refractivity contribution in [1.29, 1.82) is 0 Å². The van der Waals surface area contributed by atoms with Crippen LogP contribution in [-0.4, -0.2) is 31.7 Å². The van der Waals surface area contributed by atoms with Crippen molar-refractivity contribution in [3.63, 3.8) is 0 Å². The first kappa shape index (κ1) is 14.2. The Labute approximate surface area is 117 Å². The monoisotopic (exact) mass is 274 g/mol. The third kappa shape index (κ3) is 3.20. The zero-order valence-electron chi connectivity index (χ0n) is 11.8. The zero-order chi connectivity index (χ0) is 14.8. The molecule has 6 heteroatoms. The van der Waals surface area contributed by atoms with Crippen LogP contribution in [-0.2, 0) is 10.2 Å². The number of tetrazole rings is 1. The fourth-order valence-electron chi connectivity index (χ4n) is 2.07. The van der Waals surface area contributed by atoms with E-state index in [-0.39, 0.29) is 17.8 Å². The largest absolute Gasteiger partial charge is 0.481 e. The van der Waals surface area contributed by atoms with Gasteiger partial charge in [0.15, 0.2) is 5.82 Å². The average molecular weight is 274 g/mol. The molecule has 2 N–H and O–H groups in total. The number of rotatable bonds is 4. The standard InChI is InChI=1S/C14H18N4O2/c1-14(2,3)10-6-4-9(5-7-10)11(8-12(19)20)13-15-17-18-16-13/h4-7,11H,8H2,1-3H3,(H,19,20)(H,15,16,17,18). The molecule has 1 unspecified atom stereocenters. The summed E-state index contributed by atoms with van der Waals surface area (Å²) in [5.41, 5.74) is 2.14. The SMILES string of the molecule is CC(C)(C)c1ccc(C(CC(=O)O)c2nn[nH]n2)cc1. The average Bonchev–Trinajstić information content (AvgIpc) is 2.88. The molecule has 20 heavy (non-hydrogen) atoms. The molecule has 0 fully saturated rings. The number of aromatic amines is 1. The number of nitrogens with zero attached hydrogens (tertiary/aromatic N) is 3. The highest BCUT2D eigenvalue weighted by Crippen LogP contribution is 2.28. The maximum absolute atomic E-state index is 11.0. The minimum Gasteiger partial charge on any atom is -0.481 e. The van der Waals surface area contributed by atoms with Crippen LogP contribution < -0.4 is 0 Å². The molecule has 0 bridgehead atoms. The van der Waals surface area contributed by atoms with E-state index >= 15 is 0 Å². The summed E-state index contributed by atoms with van der Waals surface area (Å²) < 4.78 is 0. The van der Waals surface area contributed by atoms with Gasteiger partial charge in [-0.3, -0.25) is 4.79 Å². The number of hydrogen-bond acceptors (Lipinski definition) is 4. The summed E-state index contributed by atoms with van der Waals surface area (Å²) in [7, 11) is 0. The van der Waals surface area contributed by atoms with Gasteiger partial charge in [-0.05, 0) is 16.5 Å². The number of H-pyrrole nitrogens is 1. The van der Waals surface area contributed by atoms with Crippen LogP contribution in [0.5, 0.6) is 0 Å². The van der Waals surface area contributed by atoms with Crippen molar-refractivity contribution in [1.82, 2.24) is 20.6 Å². The maximum Gasteiger partial charge on any atom is 0.304 e. The number of carbonyl (C=O) groups is 1. The van der Waals surface area contributed by atoms with Crippen molar-refractivity contribution < 1.29 is 9.90 Å². The van der Waals surface area contributed by atoms with Gasteiger partial charge in [0.2, 0.25) is 0 Å². The molecule has 0 saturated carbocycles. The van der Waals surface area contributed by atoms with E-state index in [1.54, 1.807) is 0 Å². The molecule has 0 aliphatic rings. The highest BCUT2D eigenvalue weighted by atomic mass is 16.4. The van der Waals surface area contributed by atoms with Crippen molar-refractivity contribution in [2.45, 2.75) is 38.5 Å². The molecule has 2 aromatic rings. The third-order valence-corrected chi connectivity index (χ3v) is 3.23. The van der Waals surface area contributed by atoms with Gasteiger partial charge in [-0.2, -0.15) is 5.21 Å². The minimum atomic E-state index is -0.889. The molecule has 0 saturated heterocycles. The lowest BCUT2D eigenvalue weighted by Gasteiger charge is -2.20. The molecule has 0 radical (unpaired) electrons. The Morgan fingerprint density at radius 3 is 2.40 bits per heavy atom. The first-order valence-corrected chi connectivity index (χ1v) is 6.43. The molecular weight excluding hydrogens is 256 g/mol. The summed E-state index contributed by atoms with van der Waals surface area (Å²) in [5, 5.41) is 22.7. The second-order valence-electron chi connectivity index (χ2n) is 5.79. The molecule has 2 rings (SSSR count). The third-order valence-electron chi connectivity index (χ3n) is 3.23. The van der Waals surface area contributed by atoms with Crippen molar-refractivity contribution in [2.24, 2.45) is 0 Å². The number of benzene rings is 1. The lowest BCUT2D eigenvalue weighted by molar-refractivity contribution is -0.137. The highest BCUT2D eigenvalue weighted by Gasteiger charge is 2.22. The number of hydrogen-bond donors (Lipinski definition) is 2. The van der Waals surface area contributed by atoms with E-state index in [0.29, 0.717) is 5.82 Å². The van der Waals surface area contributed by atoms with Gasteiger partial charge < -0.3 is 5.11 Å². The Bertz CT molecular complexity index is 570. The summed E-state index contributed by atoms with van der Waals surface area (Å²) in [4.78, 5) is 11.0. The quantitative estimate of drug-likeness (QED) is 0.890. The molecule has 0 aliphatic heterocycles. The van der Waals surface area contributed by atoms with E-state index < -0.39 is 5.97 Å². The van der Waals surface area contributed by atoms with Crippen LogP contribution in [0.1, 0.15) is 50.1 Å². The number of aliphatic carboxylic acids is 1. The topological polar surface area (TPSA) is 91.8 Å². The fourth-order valence-corrected chi connectivity index (χ4v) is 2.07. The van der Waals surface area contributed by atoms with Gasteiger partial charge in [0.1, 0.15) is 0 Å². The van der Waals surface area contributed by atoms with Crippen molar-refractivity contribution >= 4 is 5.97 Å². The van der Waals surface area contributed by atoms with Gasteiger partial charge in [0.05, 0.1) is 12.3 Å². The maximum atomic E-state index is 11.0. The predicted molar refractivity (Wildman–Crippen MR) is 73.4 cm³/mol. The lowest BCUT2D eigenvalue weighted by atomic mass is 9.85. The first-order chi connectivity index (χ1) is 9.38. The predicted octanol–water partition coefficient (Wildman–Crippen LogP) is 2.10. The number of carboxylic acid groups (broad SMARTS) is 1. The van der Waals surface area contributed by atoms with Crippen LogP contribution in [0.4, 0.5) is 0 Å². The van der Waals surface area contributed by atoms with Gasteiger partial charge in [-0.25, -0.2) is 0 Å². The van der Waals surface area contributed by atoms with Crippen molar-refractivity contribution in [3.05, 3.63) is 41.2 Å².